The Bertz CT molecular complexity index is 1590. The van der Waals surface area contributed by atoms with Crippen LogP contribution in [0.4, 0.5) is 5.82 Å². The summed E-state index contributed by atoms with van der Waals surface area (Å²) in [5, 5.41) is 13.8. The SMILES string of the molecule is Cc1nn(C)cc1-c1cc(C(=O)Nc2nn(Cc3ccc(Cl)cc3Cl)cc2Cl)c2ccccc2n1. The Morgan fingerprint density at radius 1 is 1.00 bits per heavy atom. The lowest BCUT2D eigenvalue weighted by molar-refractivity contribution is 0.102. The molecule has 7 nitrogen and oxygen atoms in total. The molecule has 0 unspecified atom stereocenters. The summed E-state index contributed by atoms with van der Waals surface area (Å²) in [6.07, 6.45) is 3.52. The standard InChI is InChI=1S/C25H19Cl3N6O/c1-14-19(12-33(2)31-14)23-10-18(17-5-3-4-6-22(17)29-23)25(35)30-24-21(28)13-34(32-24)11-15-7-8-16(26)9-20(15)27/h3-10,12-13H,11H2,1-2H3,(H,30,32,35). The number of halogens is 3. The van der Waals surface area contributed by atoms with E-state index < -0.39 is 0 Å². The summed E-state index contributed by atoms with van der Waals surface area (Å²) in [5.41, 5.74) is 4.32. The predicted molar refractivity (Wildman–Crippen MR) is 139 cm³/mol. The van der Waals surface area contributed by atoms with Crippen molar-refractivity contribution in [1.82, 2.24) is 24.5 Å². The van der Waals surface area contributed by atoms with E-state index in [1.54, 1.807) is 33.8 Å². The maximum absolute atomic E-state index is 13.4. The van der Waals surface area contributed by atoms with Crippen LogP contribution in [-0.2, 0) is 13.6 Å². The summed E-state index contributed by atoms with van der Waals surface area (Å²) in [5.74, 6) is -0.0928. The van der Waals surface area contributed by atoms with Gasteiger partial charge in [0.2, 0.25) is 0 Å². The fraction of sp³-hybridized carbons (Fsp3) is 0.120. The number of hydrogen-bond acceptors (Lipinski definition) is 4. The van der Waals surface area contributed by atoms with Crippen LogP contribution in [0.25, 0.3) is 22.2 Å². The minimum Gasteiger partial charge on any atom is -0.304 e. The molecule has 0 aliphatic rings. The Kier molecular flexibility index (Phi) is 6.23. The lowest BCUT2D eigenvalue weighted by Gasteiger charge is -2.09. The van der Waals surface area contributed by atoms with Gasteiger partial charge in [-0.25, -0.2) is 4.98 Å². The average Bonchev–Trinajstić information content (AvgIpc) is 3.34. The third-order valence-electron chi connectivity index (χ3n) is 5.55. The molecule has 0 aliphatic heterocycles. The Balaban J connectivity index is 1.47. The monoisotopic (exact) mass is 524 g/mol. The molecule has 35 heavy (non-hydrogen) atoms. The van der Waals surface area contributed by atoms with Crippen molar-refractivity contribution in [3.63, 3.8) is 0 Å². The highest BCUT2D eigenvalue weighted by molar-refractivity contribution is 6.35. The highest BCUT2D eigenvalue weighted by Gasteiger charge is 2.19. The van der Waals surface area contributed by atoms with Crippen LogP contribution in [0.3, 0.4) is 0 Å². The lowest BCUT2D eigenvalue weighted by Crippen LogP contribution is -2.14. The van der Waals surface area contributed by atoms with Crippen molar-refractivity contribution in [1.29, 1.82) is 0 Å². The van der Waals surface area contributed by atoms with E-state index in [1.165, 1.54) is 0 Å². The molecule has 2 aromatic carbocycles. The zero-order chi connectivity index (χ0) is 24.7. The van der Waals surface area contributed by atoms with Crippen LogP contribution < -0.4 is 5.32 Å². The molecule has 176 valence electrons. The van der Waals surface area contributed by atoms with E-state index in [9.17, 15) is 4.79 Å². The second-order valence-corrected chi connectivity index (χ2v) is 9.34. The number of nitrogens with one attached hydrogen (secondary N) is 1. The van der Waals surface area contributed by atoms with E-state index in [0.717, 1.165) is 22.2 Å². The molecule has 0 atom stereocenters. The average molecular weight is 526 g/mol. The molecule has 0 aliphatic carbocycles. The van der Waals surface area contributed by atoms with Crippen LogP contribution in [0.15, 0.2) is 60.9 Å². The molecule has 1 amide bonds. The first-order valence-corrected chi connectivity index (χ1v) is 11.8. The fourth-order valence-electron chi connectivity index (χ4n) is 3.91. The first-order chi connectivity index (χ1) is 16.8. The molecule has 0 saturated carbocycles. The second-order valence-electron chi connectivity index (χ2n) is 8.09. The largest absolute Gasteiger partial charge is 0.304 e. The van der Waals surface area contributed by atoms with Gasteiger partial charge in [-0.15, -0.1) is 0 Å². The van der Waals surface area contributed by atoms with E-state index in [0.29, 0.717) is 38.4 Å². The molecule has 0 radical (unpaired) electrons. The Morgan fingerprint density at radius 2 is 1.80 bits per heavy atom. The van der Waals surface area contributed by atoms with Gasteiger partial charge in [0, 0.05) is 40.4 Å². The van der Waals surface area contributed by atoms with Gasteiger partial charge < -0.3 is 5.32 Å². The quantitative estimate of drug-likeness (QED) is 0.288. The number of pyridine rings is 1. The number of benzene rings is 2. The molecule has 0 saturated heterocycles. The van der Waals surface area contributed by atoms with Gasteiger partial charge in [0.15, 0.2) is 5.82 Å². The molecular weight excluding hydrogens is 507 g/mol. The maximum atomic E-state index is 13.4. The molecule has 3 aromatic heterocycles. The van der Waals surface area contributed by atoms with Crippen molar-refractivity contribution in [2.24, 2.45) is 7.05 Å². The first-order valence-electron chi connectivity index (χ1n) is 10.7. The summed E-state index contributed by atoms with van der Waals surface area (Å²) in [7, 11) is 1.85. The molecule has 3 heterocycles. The molecule has 10 heteroatoms. The minimum atomic E-state index is -0.344. The summed E-state index contributed by atoms with van der Waals surface area (Å²) < 4.78 is 3.34. The molecule has 5 rings (SSSR count). The molecule has 1 N–H and O–H groups in total. The van der Waals surface area contributed by atoms with Crippen LogP contribution in [-0.4, -0.2) is 30.5 Å². The number of carbonyl (C=O) groups is 1. The number of amides is 1. The smallest absolute Gasteiger partial charge is 0.257 e. The van der Waals surface area contributed by atoms with Gasteiger partial charge in [-0.1, -0.05) is 59.1 Å². The van der Waals surface area contributed by atoms with Gasteiger partial charge in [-0.2, -0.15) is 10.2 Å². The number of fused-ring (bicyclic) bond motifs is 1. The van der Waals surface area contributed by atoms with Crippen LogP contribution in [0.2, 0.25) is 15.1 Å². The van der Waals surface area contributed by atoms with Crippen LogP contribution >= 0.6 is 34.8 Å². The highest BCUT2D eigenvalue weighted by atomic mass is 35.5. The maximum Gasteiger partial charge on any atom is 0.257 e. The van der Waals surface area contributed by atoms with Gasteiger partial charge >= 0.3 is 0 Å². The summed E-state index contributed by atoms with van der Waals surface area (Å²) in [6, 6.07) is 14.5. The number of aromatic nitrogens is 5. The van der Waals surface area contributed by atoms with Gasteiger partial charge in [-0.05, 0) is 36.8 Å². The number of nitrogens with zero attached hydrogens (tertiary/aromatic N) is 5. The van der Waals surface area contributed by atoms with E-state index >= 15 is 0 Å². The third kappa shape index (κ3) is 4.75. The molecule has 0 bridgehead atoms. The van der Waals surface area contributed by atoms with Crippen LogP contribution in [0.5, 0.6) is 0 Å². The van der Waals surface area contributed by atoms with Crippen molar-refractivity contribution in [2.45, 2.75) is 13.5 Å². The normalized spacial score (nSPS) is 11.2. The lowest BCUT2D eigenvalue weighted by atomic mass is 10.0. The molecular formula is C25H19Cl3N6O. The van der Waals surface area contributed by atoms with Crippen LogP contribution in [0.1, 0.15) is 21.6 Å². The van der Waals surface area contributed by atoms with E-state index in [-0.39, 0.29) is 11.7 Å². The highest BCUT2D eigenvalue weighted by Crippen LogP contribution is 2.29. The van der Waals surface area contributed by atoms with E-state index in [4.69, 9.17) is 39.8 Å². The van der Waals surface area contributed by atoms with E-state index in [1.807, 2.05) is 50.5 Å². The second kappa shape index (κ2) is 9.34. The molecule has 0 spiro atoms. The van der Waals surface area contributed by atoms with Crippen molar-refractivity contribution in [3.8, 4) is 11.3 Å². The fourth-order valence-corrected chi connectivity index (χ4v) is 4.58. The number of aryl methyl sites for hydroxylation is 2. The predicted octanol–water partition coefficient (Wildman–Crippen LogP) is 6.40. The third-order valence-corrected chi connectivity index (χ3v) is 6.41. The summed E-state index contributed by atoms with van der Waals surface area (Å²) >= 11 is 18.7. The topological polar surface area (TPSA) is 77.6 Å². The number of anilines is 1. The van der Waals surface area contributed by atoms with Gasteiger partial charge in [0.25, 0.3) is 5.91 Å². The summed E-state index contributed by atoms with van der Waals surface area (Å²) in [4.78, 5) is 18.2. The van der Waals surface area contributed by atoms with Crippen molar-refractivity contribution >= 4 is 57.4 Å². The Morgan fingerprint density at radius 3 is 2.54 bits per heavy atom. The minimum absolute atomic E-state index is 0.252. The van der Waals surface area contributed by atoms with Gasteiger partial charge in [0.05, 0.1) is 29.0 Å². The zero-order valence-electron chi connectivity index (χ0n) is 18.8. The zero-order valence-corrected chi connectivity index (χ0v) is 21.0. The first kappa shape index (κ1) is 23.4. The van der Waals surface area contributed by atoms with Crippen molar-refractivity contribution in [3.05, 3.63) is 92.8 Å². The summed E-state index contributed by atoms with van der Waals surface area (Å²) in [6.45, 7) is 2.28. The Labute approximate surface area is 216 Å². The van der Waals surface area contributed by atoms with E-state index in [2.05, 4.69) is 15.5 Å². The number of carbonyl (C=O) groups excluding carboxylic acids is 1. The molecule has 5 aromatic rings. The van der Waals surface area contributed by atoms with Gasteiger partial charge in [0.1, 0.15) is 5.02 Å². The van der Waals surface area contributed by atoms with Gasteiger partial charge in [-0.3, -0.25) is 14.2 Å². The van der Waals surface area contributed by atoms with Crippen molar-refractivity contribution < 1.29 is 4.79 Å². The Hall–Kier alpha value is -3.39. The van der Waals surface area contributed by atoms with Crippen LogP contribution in [0, 0.1) is 6.92 Å². The number of rotatable bonds is 5. The van der Waals surface area contributed by atoms with Crippen molar-refractivity contribution in [2.75, 3.05) is 5.32 Å². The number of para-hydroxylation sites is 1. The number of hydrogen-bond donors (Lipinski definition) is 1. The molecule has 0 fully saturated rings.